The maximum atomic E-state index is 12.8. The predicted molar refractivity (Wildman–Crippen MR) is 126 cm³/mol. The average Bonchev–Trinajstić information content (AvgIpc) is 3.09. The Morgan fingerprint density at radius 2 is 1.66 bits per heavy atom. The Morgan fingerprint density at radius 3 is 2.25 bits per heavy atom. The minimum absolute atomic E-state index is 0.0415. The first-order valence-corrected chi connectivity index (χ1v) is 11.4. The number of benzene rings is 2. The lowest BCUT2D eigenvalue weighted by molar-refractivity contribution is 0.0504. The van der Waals surface area contributed by atoms with Gasteiger partial charge in [0.15, 0.2) is 6.79 Å². The van der Waals surface area contributed by atoms with E-state index in [1.807, 2.05) is 17.0 Å². The molecule has 6 heteroatoms. The lowest BCUT2D eigenvalue weighted by atomic mass is 9.69. The largest absolute Gasteiger partial charge is 0.468 e. The Kier molecular flexibility index (Phi) is 6.45. The molecule has 4 rings (SSSR count). The molecule has 1 saturated carbocycles. The van der Waals surface area contributed by atoms with E-state index in [9.17, 15) is 4.79 Å². The van der Waals surface area contributed by atoms with Gasteiger partial charge >= 0.3 is 6.03 Å². The van der Waals surface area contributed by atoms with Crippen molar-refractivity contribution < 1.29 is 14.3 Å². The van der Waals surface area contributed by atoms with Gasteiger partial charge in [0, 0.05) is 25.7 Å². The summed E-state index contributed by atoms with van der Waals surface area (Å²) in [6, 6.07) is 16.9. The second kappa shape index (κ2) is 9.12. The van der Waals surface area contributed by atoms with Crippen LogP contribution in [0.25, 0.3) is 0 Å². The van der Waals surface area contributed by atoms with Crippen molar-refractivity contribution in [2.75, 3.05) is 34.5 Å². The zero-order valence-electron chi connectivity index (χ0n) is 19.7. The van der Waals surface area contributed by atoms with E-state index in [2.05, 4.69) is 67.6 Å². The lowest BCUT2D eigenvalue weighted by Gasteiger charge is -2.48. The average molecular weight is 438 g/mol. The van der Waals surface area contributed by atoms with E-state index in [-0.39, 0.29) is 23.9 Å². The number of urea groups is 1. The van der Waals surface area contributed by atoms with E-state index >= 15 is 0 Å². The maximum Gasteiger partial charge on any atom is 0.318 e. The number of nitrogens with zero attached hydrogens (tertiary/aromatic N) is 2. The highest BCUT2D eigenvalue weighted by Gasteiger charge is 2.49. The Hall–Kier alpha value is -2.57. The van der Waals surface area contributed by atoms with Crippen molar-refractivity contribution in [3.63, 3.8) is 0 Å². The highest BCUT2D eigenvalue weighted by Crippen LogP contribution is 2.46. The van der Waals surface area contributed by atoms with Crippen LogP contribution in [-0.4, -0.2) is 55.9 Å². The molecule has 32 heavy (non-hydrogen) atoms. The highest BCUT2D eigenvalue weighted by atomic mass is 16.7. The fraction of sp³-hybridized carbons (Fsp3) is 0.500. The highest BCUT2D eigenvalue weighted by molar-refractivity contribution is 5.78. The van der Waals surface area contributed by atoms with Crippen LogP contribution >= 0.6 is 0 Å². The van der Waals surface area contributed by atoms with Crippen LogP contribution in [-0.2, 0) is 16.8 Å². The van der Waals surface area contributed by atoms with Crippen LogP contribution < -0.4 is 10.1 Å². The van der Waals surface area contributed by atoms with Gasteiger partial charge in [0.2, 0.25) is 0 Å². The van der Waals surface area contributed by atoms with Gasteiger partial charge < -0.3 is 19.7 Å². The summed E-state index contributed by atoms with van der Waals surface area (Å²) >= 11 is 0. The van der Waals surface area contributed by atoms with Crippen LogP contribution in [0.2, 0.25) is 0 Å². The fourth-order valence-corrected chi connectivity index (χ4v) is 5.23. The number of rotatable bonds is 7. The number of ether oxygens (including phenoxy) is 2. The number of carbonyl (C=O) groups excluding carboxylic acids is 1. The summed E-state index contributed by atoms with van der Waals surface area (Å²) in [5.74, 6) is 0.812. The second-order valence-electron chi connectivity index (χ2n) is 9.55. The first kappa shape index (κ1) is 22.6. The van der Waals surface area contributed by atoms with Gasteiger partial charge in [-0.3, -0.25) is 4.90 Å². The number of methoxy groups -OCH3 is 1. The molecule has 2 aromatic rings. The quantitative estimate of drug-likeness (QED) is 0.657. The minimum Gasteiger partial charge on any atom is -0.468 e. The molecule has 1 aliphatic carbocycles. The number of nitrogens with one attached hydrogen (secondary N) is 1. The van der Waals surface area contributed by atoms with Gasteiger partial charge in [-0.25, -0.2) is 4.79 Å². The summed E-state index contributed by atoms with van der Waals surface area (Å²) in [5, 5.41) is 3.35. The van der Waals surface area contributed by atoms with E-state index in [1.54, 1.807) is 7.11 Å². The van der Waals surface area contributed by atoms with Crippen LogP contribution in [0.1, 0.15) is 42.4 Å². The first-order valence-electron chi connectivity index (χ1n) is 11.4. The van der Waals surface area contributed by atoms with E-state index in [4.69, 9.17) is 9.47 Å². The number of aryl methyl sites for hydroxylation is 1. The maximum absolute atomic E-state index is 12.8. The third kappa shape index (κ3) is 4.48. The molecule has 0 atom stereocenters. The normalized spacial score (nSPS) is 25.4. The van der Waals surface area contributed by atoms with Gasteiger partial charge in [0.1, 0.15) is 5.75 Å². The smallest absolute Gasteiger partial charge is 0.318 e. The molecular formula is C26H35N3O3. The zero-order valence-corrected chi connectivity index (χ0v) is 19.7. The fourth-order valence-electron chi connectivity index (χ4n) is 5.23. The molecule has 2 aromatic carbocycles. The van der Waals surface area contributed by atoms with Crippen LogP contribution in [0, 0.1) is 6.92 Å². The van der Waals surface area contributed by atoms with E-state index in [1.165, 1.54) is 16.7 Å². The van der Waals surface area contributed by atoms with Crippen LogP contribution in [0.3, 0.4) is 0 Å². The first-order chi connectivity index (χ1) is 15.4. The van der Waals surface area contributed by atoms with Crippen molar-refractivity contribution in [1.82, 2.24) is 15.1 Å². The molecule has 2 aliphatic rings. The van der Waals surface area contributed by atoms with Crippen molar-refractivity contribution >= 4 is 6.03 Å². The summed E-state index contributed by atoms with van der Waals surface area (Å²) in [7, 11) is 5.94. The zero-order chi connectivity index (χ0) is 22.8. The van der Waals surface area contributed by atoms with Gasteiger partial charge in [-0.05, 0) is 70.0 Å². The van der Waals surface area contributed by atoms with Gasteiger partial charge in [-0.2, -0.15) is 0 Å². The molecule has 0 radical (unpaired) electrons. The minimum atomic E-state index is -0.136. The molecule has 172 valence electrons. The standard InChI is InChI=1S/C26H35N3O3/c1-20-5-7-21(8-6-20)17-29-18-25(27-24(29)30)13-15-26(16-14-25,28(2)3)22-9-11-23(12-10-22)32-19-31-4/h5-12H,13-19H2,1-4H3,(H,27,30). The van der Waals surface area contributed by atoms with Gasteiger partial charge in [0.05, 0.1) is 5.54 Å². The van der Waals surface area contributed by atoms with Crippen LogP contribution in [0.5, 0.6) is 5.75 Å². The lowest BCUT2D eigenvalue weighted by Crippen LogP contribution is -2.54. The van der Waals surface area contributed by atoms with Crippen LogP contribution in [0.4, 0.5) is 4.79 Å². The van der Waals surface area contributed by atoms with Crippen molar-refractivity contribution in [2.45, 2.75) is 50.2 Å². The number of amides is 2. The second-order valence-corrected chi connectivity index (χ2v) is 9.55. The van der Waals surface area contributed by atoms with E-state index in [0.717, 1.165) is 38.0 Å². The van der Waals surface area contributed by atoms with Crippen molar-refractivity contribution in [3.8, 4) is 5.75 Å². The summed E-state index contributed by atoms with van der Waals surface area (Å²) in [6.07, 6.45) is 3.92. The van der Waals surface area contributed by atoms with Crippen molar-refractivity contribution in [3.05, 3.63) is 65.2 Å². The van der Waals surface area contributed by atoms with E-state index < -0.39 is 0 Å². The molecule has 1 aliphatic heterocycles. The molecular weight excluding hydrogens is 402 g/mol. The predicted octanol–water partition coefficient (Wildman–Crippen LogP) is 4.27. The van der Waals surface area contributed by atoms with Crippen LogP contribution in [0.15, 0.2) is 48.5 Å². The molecule has 0 aromatic heterocycles. The molecule has 6 nitrogen and oxygen atoms in total. The molecule has 1 spiro atoms. The van der Waals surface area contributed by atoms with Gasteiger partial charge in [0.25, 0.3) is 0 Å². The number of hydrogen-bond acceptors (Lipinski definition) is 4. The van der Waals surface area contributed by atoms with Gasteiger partial charge in [-0.15, -0.1) is 0 Å². The number of carbonyl (C=O) groups is 1. The molecule has 0 bridgehead atoms. The van der Waals surface area contributed by atoms with Crippen molar-refractivity contribution in [1.29, 1.82) is 0 Å². The Morgan fingerprint density at radius 1 is 1.00 bits per heavy atom. The third-order valence-electron chi connectivity index (χ3n) is 7.27. The Bertz CT molecular complexity index is 916. The third-order valence-corrected chi connectivity index (χ3v) is 7.27. The molecule has 1 saturated heterocycles. The monoisotopic (exact) mass is 437 g/mol. The topological polar surface area (TPSA) is 54.0 Å². The Balaban J connectivity index is 1.45. The molecule has 2 amide bonds. The molecule has 1 N–H and O–H groups in total. The Labute approximate surface area is 191 Å². The SMILES string of the molecule is COCOc1ccc(C2(N(C)C)CCC3(CC2)CN(Cc2ccc(C)cc2)C(=O)N3)cc1. The summed E-state index contributed by atoms with van der Waals surface area (Å²) in [6.45, 7) is 3.77. The molecule has 0 unspecified atom stereocenters. The summed E-state index contributed by atoms with van der Waals surface area (Å²) < 4.78 is 10.6. The molecule has 1 heterocycles. The molecule has 2 fully saturated rings. The van der Waals surface area contributed by atoms with Crippen molar-refractivity contribution in [2.24, 2.45) is 0 Å². The summed E-state index contributed by atoms with van der Waals surface area (Å²) in [5.41, 5.74) is 3.53. The van der Waals surface area contributed by atoms with Gasteiger partial charge in [-0.1, -0.05) is 42.0 Å². The summed E-state index contributed by atoms with van der Waals surface area (Å²) in [4.78, 5) is 17.1. The number of hydrogen-bond donors (Lipinski definition) is 1. The van der Waals surface area contributed by atoms with E-state index in [0.29, 0.717) is 6.54 Å².